The second kappa shape index (κ2) is 20.0. The molecule has 4 aliphatic rings. The van der Waals surface area contributed by atoms with E-state index < -0.39 is 5.60 Å². The van der Waals surface area contributed by atoms with Crippen LogP contribution < -0.4 is 11.1 Å². The highest BCUT2D eigenvalue weighted by molar-refractivity contribution is 5.68. The highest BCUT2D eigenvalue weighted by atomic mass is 16.6. The molecule has 3 N–H and O–H groups in total. The third-order valence-corrected chi connectivity index (χ3v) is 10.7. The van der Waals surface area contributed by atoms with E-state index >= 15 is 0 Å². The summed E-state index contributed by atoms with van der Waals surface area (Å²) in [6.45, 7) is 12.8. The standard InChI is InChI=1S/C23H35N3O4.C18H27N3O2/c1-23(2,3)30-21(27)24-19-9-11-20(12-10-19)25-13-15-26(16-14-25)22(28)29-17-18-7-5-4-6-8-18;19-16-6-8-17(9-7-16)20-10-12-21(13-11-20)18(22)23-14-15-4-2-1-3-5-15/h4-8,19-20H,9-17H2,1-3H3,(H,24,27);1-5,16-17H,6-14,19H2. The van der Waals surface area contributed by atoms with Gasteiger partial charge in [0, 0.05) is 76.5 Å². The first kappa shape index (κ1) is 40.3. The minimum Gasteiger partial charge on any atom is -0.445 e. The molecule has 2 heterocycles. The van der Waals surface area contributed by atoms with E-state index in [4.69, 9.17) is 19.9 Å². The Morgan fingerprint density at radius 1 is 0.623 bits per heavy atom. The Hall–Kier alpha value is -3.87. The third-order valence-electron chi connectivity index (χ3n) is 10.7. The predicted molar refractivity (Wildman–Crippen MR) is 205 cm³/mol. The molecule has 2 aliphatic carbocycles. The lowest BCUT2D eigenvalue weighted by Crippen LogP contribution is -2.53. The molecule has 6 rings (SSSR count). The van der Waals surface area contributed by atoms with Crippen LogP contribution in [0.4, 0.5) is 14.4 Å². The predicted octanol–water partition coefficient (Wildman–Crippen LogP) is 5.99. The molecule has 0 aromatic heterocycles. The van der Waals surface area contributed by atoms with Crippen LogP contribution in [0, 0.1) is 0 Å². The van der Waals surface area contributed by atoms with Crippen molar-refractivity contribution in [1.29, 1.82) is 0 Å². The van der Waals surface area contributed by atoms with E-state index in [0.717, 1.165) is 88.9 Å². The number of amides is 3. The molecule has 2 aromatic rings. The van der Waals surface area contributed by atoms with Gasteiger partial charge in [0.2, 0.25) is 0 Å². The number of hydrogen-bond donors (Lipinski definition) is 2. The lowest BCUT2D eigenvalue weighted by atomic mass is 9.90. The number of nitrogens with one attached hydrogen (secondary N) is 1. The first-order valence-electron chi connectivity index (χ1n) is 19.7. The normalized spacial score (nSPS) is 24.3. The SMILES string of the molecule is CC(C)(C)OC(=O)NC1CCC(N2CCN(C(=O)OCc3ccccc3)CC2)CC1.NC1CCC(N2CCN(C(=O)OCc3ccccc3)CC2)CC1. The number of piperazine rings is 2. The smallest absolute Gasteiger partial charge is 0.410 e. The number of carbonyl (C=O) groups excluding carboxylic acids is 3. The lowest BCUT2D eigenvalue weighted by Gasteiger charge is -2.41. The van der Waals surface area contributed by atoms with E-state index in [9.17, 15) is 14.4 Å². The van der Waals surface area contributed by atoms with Crippen molar-refractivity contribution in [3.8, 4) is 0 Å². The van der Waals surface area contributed by atoms with Crippen molar-refractivity contribution in [3.05, 3.63) is 71.8 Å². The maximum Gasteiger partial charge on any atom is 0.410 e. The van der Waals surface area contributed by atoms with Crippen LogP contribution >= 0.6 is 0 Å². The molecule has 0 spiro atoms. The fourth-order valence-electron chi connectivity index (χ4n) is 7.69. The van der Waals surface area contributed by atoms with Gasteiger partial charge in [-0.05, 0) is 83.3 Å². The van der Waals surface area contributed by atoms with E-state index in [1.54, 1.807) is 4.90 Å². The molecule has 2 saturated heterocycles. The summed E-state index contributed by atoms with van der Waals surface area (Å²) in [6.07, 6.45) is 7.92. The third kappa shape index (κ3) is 13.5. The number of carbonyl (C=O) groups is 3. The van der Waals surface area contributed by atoms with Crippen molar-refractivity contribution >= 4 is 18.3 Å². The molecule has 12 nitrogen and oxygen atoms in total. The van der Waals surface area contributed by atoms with Gasteiger partial charge >= 0.3 is 18.3 Å². The first-order chi connectivity index (χ1) is 25.5. The van der Waals surface area contributed by atoms with E-state index in [-0.39, 0.29) is 24.3 Å². The fraction of sp³-hybridized carbons (Fsp3) is 0.634. The van der Waals surface area contributed by atoms with E-state index in [0.29, 0.717) is 44.4 Å². The minimum atomic E-state index is -0.469. The van der Waals surface area contributed by atoms with E-state index in [1.165, 1.54) is 12.8 Å². The van der Waals surface area contributed by atoms with Crippen LogP contribution in [0.3, 0.4) is 0 Å². The van der Waals surface area contributed by atoms with Gasteiger partial charge in [-0.3, -0.25) is 9.80 Å². The van der Waals surface area contributed by atoms with Crippen molar-refractivity contribution in [2.75, 3.05) is 52.4 Å². The Kier molecular flexibility index (Phi) is 15.2. The van der Waals surface area contributed by atoms with Crippen LogP contribution in [0.1, 0.15) is 83.3 Å². The molecular formula is C41H62N6O6. The average Bonchev–Trinajstić information content (AvgIpc) is 3.17. The monoisotopic (exact) mass is 734 g/mol. The van der Waals surface area contributed by atoms with Gasteiger partial charge in [-0.25, -0.2) is 14.4 Å². The topological polar surface area (TPSA) is 130 Å². The summed E-state index contributed by atoms with van der Waals surface area (Å²) in [7, 11) is 0. The molecule has 12 heteroatoms. The average molecular weight is 735 g/mol. The summed E-state index contributed by atoms with van der Waals surface area (Å²) in [5.74, 6) is 0. The van der Waals surface area contributed by atoms with Crippen molar-refractivity contribution in [1.82, 2.24) is 24.9 Å². The van der Waals surface area contributed by atoms with Crippen LogP contribution in [-0.2, 0) is 27.4 Å². The summed E-state index contributed by atoms with van der Waals surface area (Å²) in [5.41, 5.74) is 7.54. The zero-order valence-corrected chi connectivity index (χ0v) is 32.1. The van der Waals surface area contributed by atoms with Crippen molar-refractivity contribution in [3.63, 3.8) is 0 Å². The number of nitrogens with zero attached hydrogens (tertiary/aromatic N) is 4. The van der Waals surface area contributed by atoms with E-state index in [1.807, 2.05) is 86.3 Å². The maximum atomic E-state index is 12.3. The fourth-order valence-corrected chi connectivity index (χ4v) is 7.69. The summed E-state index contributed by atoms with van der Waals surface area (Å²) < 4.78 is 16.2. The van der Waals surface area contributed by atoms with Crippen molar-refractivity contribution in [2.24, 2.45) is 5.73 Å². The molecule has 292 valence electrons. The molecule has 4 fully saturated rings. The van der Waals surface area contributed by atoms with Crippen LogP contribution in [-0.4, -0.2) is 120 Å². The second-order valence-electron chi connectivity index (χ2n) is 15.8. The molecular weight excluding hydrogens is 672 g/mol. The Balaban J connectivity index is 0.000000211. The Bertz CT molecular complexity index is 1390. The number of hydrogen-bond acceptors (Lipinski definition) is 9. The van der Waals surface area contributed by atoms with E-state index in [2.05, 4.69) is 15.1 Å². The molecule has 2 aromatic carbocycles. The largest absolute Gasteiger partial charge is 0.445 e. The first-order valence-corrected chi connectivity index (χ1v) is 19.7. The zero-order valence-electron chi connectivity index (χ0n) is 32.1. The Morgan fingerprint density at radius 3 is 1.42 bits per heavy atom. The molecule has 0 unspecified atom stereocenters. The highest BCUT2D eigenvalue weighted by Gasteiger charge is 2.32. The molecule has 2 saturated carbocycles. The summed E-state index contributed by atoms with van der Waals surface area (Å²) >= 11 is 0. The number of benzene rings is 2. The summed E-state index contributed by atoms with van der Waals surface area (Å²) in [4.78, 5) is 45.1. The second-order valence-corrected chi connectivity index (χ2v) is 15.8. The van der Waals surface area contributed by atoms with Crippen molar-refractivity contribution in [2.45, 2.75) is 115 Å². The Morgan fingerprint density at radius 2 is 1.02 bits per heavy atom. The van der Waals surface area contributed by atoms with Crippen LogP contribution in [0.25, 0.3) is 0 Å². The quantitative estimate of drug-likeness (QED) is 0.330. The molecule has 2 aliphatic heterocycles. The van der Waals surface area contributed by atoms with Gasteiger partial charge in [-0.2, -0.15) is 0 Å². The van der Waals surface area contributed by atoms with Gasteiger partial charge in [0.05, 0.1) is 0 Å². The van der Waals surface area contributed by atoms with Gasteiger partial charge in [0.15, 0.2) is 0 Å². The summed E-state index contributed by atoms with van der Waals surface area (Å²) in [5, 5.41) is 3.00. The zero-order chi connectivity index (χ0) is 37.6. The number of rotatable bonds is 7. The van der Waals surface area contributed by atoms with Crippen LogP contribution in [0.15, 0.2) is 60.7 Å². The number of nitrogens with two attached hydrogens (primary N) is 1. The minimum absolute atomic E-state index is 0.186. The van der Waals surface area contributed by atoms with Gasteiger partial charge in [0.25, 0.3) is 0 Å². The summed E-state index contributed by atoms with van der Waals surface area (Å²) in [6, 6.07) is 21.3. The van der Waals surface area contributed by atoms with Crippen molar-refractivity contribution < 1.29 is 28.6 Å². The molecule has 53 heavy (non-hydrogen) atoms. The lowest BCUT2D eigenvalue weighted by molar-refractivity contribution is 0.0423. The van der Waals surface area contributed by atoms with Crippen LogP contribution in [0.5, 0.6) is 0 Å². The highest BCUT2D eigenvalue weighted by Crippen LogP contribution is 2.25. The van der Waals surface area contributed by atoms with Crippen LogP contribution in [0.2, 0.25) is 0 Å². The van der Waals surface area contributed by atoms with Gasteiger partial charge in [-0.15, -0.1) is 0 Å². The molecule has 0 bridgehead atoms. The Labute approximate surface area is 316 Å². The molecule has 3 amide bonds. The molecule has 0 atom stereocenters. The van der Waals surface area contributed by atoms with Gasteiger partial charge < -0.3 is 35.1 Å². The number of alkyl carbamates (subject to hydrolysis) is 1. The number of ether oxygens (including phenoxy) is 3. The van der Waals surface area contributed by atoms with Gasteiger partial charge in [0.1, 0.15) is 18.8 Å². The molecule has 0 radical (unpaired) electrons. The van der Waals surface area contributed by atoms with Gasteiger partial charge in [-0.1, -0.05) is 60.7 Å². The maximum absolute atomic E-state index is 12.3.